The normalized spacial score (nSPS) is 8.00. The van der Waals surface area contributed by atoms with Crippen molar-refractivity contribution >= 4 is 12.1 Å². The SMILES string of the molecule is N#CN(O)N(C(N)=O)C(=O)O. The van der Waals surface area contributed by atoms with E-state index in [0.29, 0.717) is 0 Å². The summed E-state index contributed by atoms with van der Waals surface area (Å²) in [5, 5.41) is 23.6. The largest absolute Gasteiger partial charge is 0.463 e. The third-order valence-corrected chi connectivity index (χ3v) is 0.669. The summed E-state index contributed by atoms with van der Waals surface area (Å²) in [6, 6.07) is -1.47. The molecule has 8 heteroatoms. The monoisotopic (exact) mass is 160 g/mol. The van der Waals surface area contributed by atoms with E-state index in [1.54, 1.807) is 0 Å². The van der Waals surface area contributed by atoms with E-state index in [1.165, 1.54) is 0 Å². The molecule has 0 spiro atoms. The van der Waals surface area contributed by atoms with Crippen LogP contribution in [0.4, 0.5) is 9.59 Å². The molecule has 0 aromatic carbocycles. The molecule has 0 unspecified atom stereocenters. The lowest BCUT2D eigenvalue weighted by molar-refractivity contribution is -0.150. The molecule has 0 fully saturated rings. The first-order chi connectivity index (χ1) is 5.00. The van der Waals surface area contributed by atoms with Crippen molar-refractivity contribution in [3.8, 4) is 6.19 Å². The van der Waals surface area contributed by atoms with Crippen LogP contribution >= 0.6 is 0 Å². The van der Waals surface area contributed by atoms with Crippen LogP contribution in [0.2, 0.25) is 0 Å². The fourth-order valence-corrected chi connectivity index (χ4v) is 0.313. The number of carbonyl (C=O) groups is 2. The molecule has 0 aliphatic heterocycles. The Morgan fingerprint density at radius 1 is 1.55 bits per heavy atom. The molecule has 0 bridgehead atoms. The van der Waals surface area contributed by atoms with Gasteiger partial charge in [-0.15, -0.1) is 0 Å². The highest BCUT2D eigenvalue weighted by Gasteiger charge is 2.23. The first kappa shape index (κ1) is 8.99. The van der Waals surface area contributed by atoms with Crippen LogP contribution in [0.15, 0.2) is 0 Å². The van der Waals surface area contributed by atoms with E-state index in [4.69, 9.17) is 15.6 Å². The lowest BCUT2D eigenvalue weighted by atomic mass is 10.9. The minimum Gasteiger partial charge on any atom is -0.463 e. The maximum atomic E-state index is 10.2. The zero-order chi connectivity index (χ0) is 9.02. The summed E-state index contributed by atoms with van der Waals surface area (Å²) in [6.07, 6.45) is -0.885. The summed E-state index contributed by atoms with van der Waals surface area (Å²) < 4.78 is 0. The van der Waals surface area contributed by atoms with Gasteiger partial charge in [0.05, 0.1) is 0 Å². The number of urea groups is 1. The van der Waals surface area contributed by atoms with Crippen LogP contribution in [-0.2, 0) is 0 Å². The molecule has 4 N–H and O–H groups in total. The average molecular weight is 160 g/mol. The minimum absolute atomic E-state index is 0.361. The fraction of sp³-hybridized carbons (Fsp3) is 0. The van der Waals surface area contributed by atoms with Gasteiger partial charge in [-0.05, 0) is 0 Å². The predicted octanol–water partition coefficient (Wildman–Crippen LogP) is -0.868. The molecule has 11 heavy (non-hydrogen) atoms. The molecule has 0 aromatic rings. The van der Waals surface area contributed by atoms with Crippen molar-refractivity contribution in [3.05, 3.63) is 0 Å². The number of hydrogen-bond acceptors (Lipinski definition) is 5. The number of hydrogen-bond donors (Lipinski definition) is 3. The summed E-state index contributed by atoms with van der Waals surface area (Å²) >= 11 is 0. The van der Waals surface area contributed by atoms with Crippen LogP contribution in [-0.4, -0.2) is 32.6 Å². The number of nitrogens with zero attached hydrogens (tertiary/aromatic N) is 3. The molecular formula is C3H4N4O4. The lowest BCUT2D eigenvalue weighted by Crippen LogP contribution is -2.48. The van der Waals surface area contributed by atoms with Crippen LogP contribution in [0, 0.1) is 11.5 Å². The lowest BCUT2D eigenvalue weighted by Gasteiger charge is -2.16. The predicted molar refractivity (Wildman–Crippen MR) is 28.7 cm³/mol. The average Bonchev–Trinajstić information content (AvgIpc) is 1.85. The number of hydroxylamine groups is 1. The number of nitrogens with two attached hydrogens (primary N) is 1. The van der Waals surface area contributed by atoms with E-state index in [9.17, 15) is 9.59 Å². The smallest absolute Gasteiger partial charge is 0.437 e. The van der Waals surface area contributed by atoms with Crippen LogP contribution in [0.1, 0.15) is 0 Å². The standard InChI is InChI=1S/C3H4N4O4/c4-1-6(11)7(2(5)8)3(9)10/h11H,(H2,5,8)(H,9,10). The molecule has 3 amide bonds. The molecule has 60 valence electrons. The third kappa shape index (κ3) is 1.99. The zero-order valence-corrected chi connectivity index (χ0v) is 5.13. The first-order valence-electron chi connectivity index (χ1n) is 2.21. The summed E-state index contributed by atoms with van der Waals surface area (Å²) in [7, 11) is 0. The Kier molecular flexibility index (Phi) is 2.64. The summed E-state index contributed by atoms with van der Waals surface area (Å²) in [4.78, 5) is 20.2. The number of nitriles is 1. The third-order valence-electron chi connectivity index (χ3n) is 0.669. The van der Waals surface area contributed by atoms with Gasteiger partial charge in [0.1, 0.15) is 0 Å². The topological polar surface area (TPSA) is 131 Å². The van der Waals surface area contributed by atoms with Gasteiger partial charge in [0, 0.05) is 0 Å². The number of rotatable bonds is 1. The van der Waals surface area contributed by atoms with Gasteiger partial charge in [0.15, 0.2) is 0 Å². The summed E-state index contributed by atoms with van der Waals surface area (Å²) in [5.74, 6) is 0. The van der Waals surface area contributed by atoms with Gasteiger partial charge < -0.3 is 10.8 Å². The van der Waals surface area contributed by atoms with E-state index in [0.717, 1.165) is 6.19 Å². The van der Waals surface area contributed by atoms with Crippen molar-refractivity contribution < 1.29 is 19.9 Å². The number of amides is 3. The Bertz CT molecular complexity index is 206. The van der Waals surface area contributed by atoms with Crippen molar-refractivity contribution in [1.82, 2.24) is 10.2 Å². The van der Waals surface area contributed by atoms with Crippen molar-refractivity contribution in [2.45, 2.75) is 0 Å². The number of carboxylic acid groups (broad SMARTS) is 1. The second kappa shape index (κ2) is 3.23. The van der Waals surface area contributed by atoms with E-state index in [1.807, 2.05) is 0 Å². The molecule has 0 aliphatic carbocycles. The first-order valence-corrected chi connectivity index (χ1v) is 2.21. The minimum atomic E-state index is -1.85. The van der Waals surface area contributed by atoms with E-state index < -0.39 is 17.3 Å². The molecular weight excluding hydrogens is 156 g/mol. The van der Waals surface area contributed by atoms with E-state index >= 15 is 0 Å². The highest BCUT2D eigenvalue weighted by atomic mass is 16.6. The van der Waals surface area contributed by atoms with E-state index in [-0.39, 0.29) is 5.01 Å². The molecule has 0 radical (unpaired) electrons. The molecule has 0 aliphatic rings. The Morgan fingerprint density at radius 3 is 2.09 bits per heavy atom. The highest BCUT2D eigenvalue weighted by molar-refractivity contribution is 5.88. The number of carbonyl (C=O) groups excluding carboxylic acids is 1. The Hall–Kier alpha value is -2.01. The molecule has 0 heterocycles. The number of primary amides is 1. The second-order valence-corrected chi connectivity index (χ2v) is 1.32. The Balaban J connectivity index is 4.50. The zero-order valence-electron chi connectivity index (χ0n) is 5.13. The van der Waals surface area contributed by atoms with Gasteiger partial charge in [-0.25, -0.2) is 9.59 Å². The highest BCUT2D eigenvalue weighted by Crippen LogP contribution is 1.91. The van der Waals surface area contributed by atoms with Crippen LogP contribution in [0.25, 0.3) is 0 Å². The van der Waals surface area contributed by atoms with Crippen molar-refractivity contribution in [2.75, 3.05) is 0 Å². The maximum absolute atomic E-state index is 10.2. The van der Waals surface area contributed by atoms with Crippen molar-refractivity contribution in [3.63, 3.8) is 0 Å². The maximum Gasteiger partial charge on any atom is 0.437 e. The van der Waals surface area contributed by atoms with Crippen LogP contribution < -0.4 is 5.73 Å². The van der Waals surface area contributed by atoms with Gasteiger partial charge in [0.2, 0.25) is 6.19 Å². The fourth-order valence-electron chi connectivity index (χ4n) is 0.313. The Labute approximate surface area is 60.6 Å². The van der Waals surface area contributed by atoms with Gasteiger partial charge >= 0.3 is 12.1 Å². The molecule has 0 atom stereocenters. The number of hydrazine groups is 1. The molecule has 8 nitrogen and oxygen atoms in total. The molecule has 0 saturated carbocycles. The Morgan fingerprint density at radius 2 is 2.00 bits per heavy atom. The van der Waals surface area contributed by atoms with Crippen molar-refractivity contribution in [2.24, 2.45) is 5.73 Å². The van der Waals surface area contributed by atoms with Gasteiger partial charge in [-0.3, -0.25) is 5.21 Å². The van der Waals surface area contributed by atoms with Crippen LogP contribution in [0.5, 0.6) is 0 Å². The second-order valence-electron chi connectivity index (χ2n) is 1.32. The van der Waals surface area contributed by atoms with Gasteiger partial charge in [0.25, 0.3) is 0 Å². The quantitative estimate of drug-likeness (QED) is 0.259. The number of imide groups is 1. The van der Waals surface area contributed by atoms with Gasteiger partial charge in [-0.1, -0.05) is 10.2 Å². The van der Waals surface area contributed by atoms with E-state index in [2.05, 4.69) is 5.73 Å². The van der Waals surface area contributed by atoms with Gasteiger partial charge in [-0.2, -0.15) is 5.26 Å². The summed E-state index contributed by atoms with van der Waals surface area (Å²) in [5.41, 5.74) is 4.47. The van der Waals surface area contributed by atoms with Crippen LogP contribution in [0.3, 0.4) is 0 Å². The molecule has 0 rings (SSSR count). The van der Waals surface area contributed by atoms with Crippen molar-refractivity contribution in [1.29, 1.82) is 5.26 Å². The molecule has 0 aromatic heterocycles. The summed E-state index contributed by atoms with van der Waals surface area (Å²) in [6.45, 7) is 0. The molecule has 0 saturated heterocycles.